The van der Waals surface area contributed by atoms with E-state index in [2.05, 4.69) is 0 Å². The molecule has 0 aliphatic carbocycles. The van der Waals surface area contributed by atoms with Crippen LogP contribution in [0.4, 0.5) is 0 Å². The summed E-state index contributed by atoms with van der Waals surface area (Å²) in [5.74, 6) is -2.78. The molecule has 0 radical (unpaired) electrons. The van der Waals surface area contributed by atoms with E-state index in [4.69, 9.17) is 14.7 Å². The summed E-state index contributed by atoms with van der Waals surface area (Å²) in [4.78, 5) is 41.4. The standard InChI is InChI=1S/C16H12N2O7S/c1-24-13-7-6-9(26(17,22)23)8-12(13)16(21)25-18-14(19)10-4-2-3-5-11(10)15(18)20/h2-8H,1H3,(H2,17,22,23). The zero-order valence-electron chi connectivity index (χ0n) is 13.3. The second-order valence-corrected chi connectivity index (χ2v) is 6.80. The minimum absolute atomic E-state index is 0.0148. The van der Waals surface area contributed by atoms with Crippen LogP contribution < -0.4 is 9.88 Å². The van der Waals surface area contributed by atoms with E-state index in [1.807, 2.05) is 0 Å². The second-order valence-electron chi connectivity index (χ2n) is 5.24. The molecule has 0 saturated heterocycles. The van der Waals surface area contributed by atoms with E-state index in [1.54, 1.807) is 12.1 Å². The first-order chi connectivity index (χ1) is 12.2. The number of carbonyl (C=O) groups is 3. The van der Waals surface area contributed by atoms with Crippen LogP contribution in [0.1, 0.15) is 31.1 Å². The lowest BCUT2D eigenvalue weighted by molar-refractivity contribution is -0.0586. The van der Waals surface area contributed by atoms with E-state index >= 15 is 0 Å². The summed E-state index contributed by atoms with van der Waals surface area (Å²) >= 11 is 0. The van der Waals surface area contributed by atoms with Gasteiger partial charge in [0.05, 0.1) is 23.1 Å². The number of nitrogens with zero attached hydrogens (tertiary/aromatic N) is 1. The van der Waals surface area contributed by atoms with Crippen LogP contribution in [0, 0.1) is 0 Å². The summed E-state index contributed by atoms with van der Waals surface area (Å²) in [6.45, 7) is 0. The van der Waals surface area contributed by atoms with Crippen molar-refractivity contribution in [1.29, 1.82) is 0 Å². The topological polar surface area (TPSA) is 133 Å². The molecule has 1 aliphatic rings. The molecule has 134 valence electrons. The lowest BCUT2D eigenvalue weighted by Gasteiger charge is -2.14. The molecule has 2 N–H and O–H groups in total. The maximum absolute atomic E-state index is 12.4. The number of ether oxygens (including phenoxy) is 1. The molecule has 0 bridgehead atoms. The highest BCUT2D eigenvalue weighted by molar-refractivity contribution is 7.89. The Morgan fingerprint density at radius 3 is 2.12 bits per heavy atom. The molecule has 3 rings (SSSR count). The molecule has 26 heavy (non-hydrogen) atoms. The highest BCUT2D eigenvalue weighted by atomic mass is 32.2. The average molecular weight is 376 g/mol. The van der Waals surface area contributed by atoms with Crippen LogP contribution in [0.5, 0.6) is 5.75 Å². The predicted octanol–water partition coefficient (Wildman–Crippen LogP) is 0.711. The molecule has 2 aromatic rings. The fourth-order valence-electron chi connectivity index (χ4n) is 2.41. The molecule has 2 aromatic carbocycles. The fourth-order valence-corrected chi connectivity index (χ4v) is 2.95. The average Bonchev–Trinajstić information content (AvgIpc) is 2.85. The van der Waals surface area contributed by atoms with Gasteiger partial charge in [-0.05, 0) is 30.3 Å². The van der Waals surface area contributed by atoms with Crippen molar-refractivity contribution in [2.75, 3.05) is 7.11 Å². The van der Waals surface area contributed by atoms with Crippen LogP contribution in [0.25, 0.3) is 0 Å². The molecule has 0 spiro atoms. The van der Waals surface area contributed by atoms with Crippen molar-refractivity contribution in [2.24, 2.45) is 5.14 Å². The van der Waals surface area contributed by atoms with Gasteiger partial charge in [0.2, 0.25) is 10.0 Å². The SMILES string of the molecule is COc1ccc(S(N)(=O)=O)cc1C(=O)ON1C(=O)c2ccccc2C1=O. The molecule has 1 heterocycles. The Balaban J connectivity index is 1.94. The number of carbonyl (C=O) groups excluding carboxylic acids is 3. The Morgan fingerprint density at radius 1 is 1.04 bits per heavy atom. The third-order valence-electron chi connectivity index (χ3n) is 3.65. The highest BCUT2D eigenvalue weighted by Crippen LogP contribution is 2.26. The van der Waals surface area contributed by atoms with Gasteiger partial charge in [0.25, 0.3) is 11.8 Å². The van der Waals surface area contributed by atoms with E-state index < -0.39 is 27.8 Å². The number of primary sulfonamides is 1. The number of benzene rings is 2. The van der Waals surface area contributed by atoms with Gasteiger partial charge in [-0.15, -0.1) is 0 Å². The number of rotatable bonds is 4. The van der Waals surface area contributed by atoms with Gasteiger partial charge >= 0.3 is 5.97 Å². The first-order valence-electron chi connectivity index (χ1n) is 7.15. The summed E-state index contributed by atoms with van der Waals surface area (Å²) in [6.07, 6.45) is 0. The number of imide groups is 1. The minimum atomic E-state index is -4.09. The number of fused-ring (bicyclic) bond motifs is 1. The molecule has 9 nitrogen and oxygen atoms in total. The van der Waals surface area contributed by atoms with Gasteiger partial charge in [-0.3, -0.25) is 9.59 Å². The van der Waals surface area contributed by atoms with Crippen molar-refractivity contribution in [1.82, 2.24) is 5.06 Å². The molecule has 2 amide bonds. The van der Waals surface area contributed by atoms with E-state index in [9.17, 15) is 22.8 Å². The third-order valence-corrected chi connectivity index (χ3v) is 4.56. The summed E-state index contributed by atoms with van der Waals surface area (Å²) in [5.41, 5.74) is -0.123. The number of amides is 2. The highest BCUT2D eigenvalue weighted by Gasteiger charge is 2.39. The molecule has 1 aliphatic heterocycles. The lowest BCUT2D eigenvalue weighted by atomic mass is 10.1. The molecule has 10 heteroatoms. The Bertz CT molecular complexity index is 1010. The molecule has 0 aromatic heterocycles. The van der Waals surface area contributed by atoms with Crippen LogP contribution in [0.15, 0.2) is 47.4 Å². The summed E-state index contributed by atoms with van der Waals surface area (Å²) in [5, 5.41) is 5.36. The van der Waals surface area contributed by atoms with Crippen molar-refractivity contribution in [3.8, 4) is 5.75 Å². The Morgan fingerprint density at radius 2 is 1.62 bits per heavy atom. The largest absolute Gasteiger partial charge is 0.496 e. The normalized spacial score (nSPS) is 13.5. The van der Waals surface area contributed by atoms with Gasteiger partial charge in [0, 0.05) is 0 Å². The maximum Gasteiger partial charge on any atom is 0.367 e. The van der Waals surface area contributed by atoms with Crippen LogP contribution in [0.3, 0.4) is 0 Å². The van der Waals surface area contributed by atoms with Crippen molar-refractivity contribution in [3.63, 3.8) is 0 Å². The van der Waals surface area contributed by atoms with Crippen LogP contribution in [-0.2, 0) is 14.9 Å². The van der Waals surface area contributed by atoms with Gasteiger partial charge in [-0.1, -0.05) is 17.2 Å². The number of hydrogen-bond donors (Lipinski definition) is 1. The smallest absolute Gasteiger partial charge is 0.367 e. The minimum Gasteiger partial charge on any atom is -0.496 e. The lowest BCUT2D eigenvalue weighted by Crippen LogP contribution is -2.32. The quantitative estimate of drug-likeness (QED) is 0.777. The molecular weight excluding hydrogens is 364 g/mol. The van der Waals surface area contributed by atoms with Gasteiger partial charge in [0.15, 0.2) is 0 Å². The summed E-state index contributed by atoms with van der Waals surface area (Å²) in [6, 6.07) is 9.26. The number of hydrogen-bond acceptors (Lipinski definition) is 7. The number of sulfonamides is 1. The van der Waals surface area contributed by atoms with E-state index in [0.29, 0.717) is 5.06 Å². The number of hydroxylamine groups is 2. The number of methoxy groups -OCH3 is 1. The molecule has 0 saturated carbocycles. The van der Waals surface area contributed by atoms with E-state index in [0.717, 1.165) is 12.1 Å². The number of nitrogens with two attached hydrogens (primary N) is 1. The van der Waals surface area contributed by atoms with E-state index in [-0.39, 0.29) is 27.3 Å². The molecule has 0 atom stereocenters. The predicted molar refractivity (Wildman–Crippen MR) is 86.7 cm³/mol. The van der Waals surface area contributed by atoms with Crippen LogP contribution >= 0.6 is 0 Å². The second kappa shape index (κ2) is 6.24. The van der Waals surface area contributed by atoms with Crippen molar-refractivity contribution in [3.05, 3.63) is 59.2 Å². The van der Waals surface area contributed by atoms with Crippen molar-refractivity contribution < 1.29 is 32.4 Å². The maximum atomic E-state index is 12.4. The van der Waals surface area contributed by atoms with E-state index in [1.165, 1.54) is 25.3 Å². The Kier molecular flexibility index (Phi) is 4.22. The Hall–Kier alpha value is -3.24. The van der Waals surface area contributed by atoms with Gasteiger partial charge in [-0.2, -0.15) is 0 Å². The summed E-state index contributed by atoms with van der Waals surface area (Å²) < 4.78 is 27.9. The monoisotopic (exact) mass is 376 g/mol. The van der Waals surface area contributed by atoms with Crippen LogP contribution in [-0.4, -0.2) is 38.4 Å². The van der Waals surface area contributed by atoms with Gasteiger partial charge in [0.1, 0.15) is 11.3 Å². The first kappa shape index (κ1) is 17.6. The van der Waals surface area contributed by atoms with Crippen molar-refractivity contribution >= 4 is 27.8 Å². The zero-order chi connectivity index (χ0) is 19.1. The third kappa shape index (κ3) is 2.91. The fraction of sp³-hybridized carbons (Fsp3) is 0.0625. The Labute approximate surface area is 147 Å². The molecule has 0 fully saturated rings. The van der Waals surface area contributed by atoms with Gasteiger partial charge in [-0.25, -0.2) is 18.4 Å². The van der Waals surface area contributed by atoms with Crippen LogP contribution in [0.2, 0.25) is 0 Å². The zero-order valence-corrected chi connectivity index (χ0v) is 14.1. The molecule has 0 unspecified atom stereocenters. The van der Waals surface area contributed by atoms with Crippen molar-refractivity contribution in [2.45, 2.75) is 4.90 Å². The summed E-state index contributed by atoms with van der Waals surface area (Å²) in [7, 11) is -2.83. The first-order valence-corrected chi connectivity index (χ1v) is 8.69. The molecular formula is C16H12N2O7S. The van der Waals surface area contributed by atoms with Gasteiger partial charge < -0.3 is 9.57 Å².